The average Bonchev–Trinajstić information content (AvgIpc) is 3.70. The summed E-state index contributed by atoms with van der Waals surface area (Å²) in [5.41, 5.74) is 11.9. The molecule has 0 fully saturated rings. The van der Waals surface area contributed by atoms with Crippen LogP contribution in [0.3, 0.4) is 0 Å². The molecule has 0 saturated carbocycles. The van der Waals surface area contributed by atoms with Crippen molar-refractivity contribution in [2.75, 3.05) is 7.11 Å². The molecule has 0 aliphatic rings. The van der Waals surface area contributed by atoms with Gasteiger partial charge in [-0.3, -0.25) is 0 Å². The third kappa shape index (κ3) is 3.44. The van der Waals surface area contributed by atoms with Crippen molar-refractivity contribution in [2.24, 2.45) is 0 Å². The molecule has 0 bridgehead atoms. The zero-order valence-electron chi connectivity index (χ0n) is 28.7. The van der Waals surface area contributed by atoms with E-state index in [1.165, 1.54) is 92.9 Å². The molecule has 3 nitrogen and oxygen atoms in total. The fourth-order valence-electron chi connectivity index (χ4n) is 8.10. The maximum absolute atomic E-state index is 6.02. The SMILES string of the molecule is COc1ccc2c3cc4c(cc3n3c5ccc(C(C)(C)C)cc5c1c23)c1cc(C(C)(C)C)cc2c3cc(C(C)(C)C)ccc3n4c21. The molecule has 0 N–H and O–H groups in total. The van der Waals surface area contributed by atoms with E-state index in [2.05, 4.69) is 144 Å². The molecule has 230 valence electrons. The third-order valence-electron chi connectivity index (χ3n) is 10.7. The smallest absolute Gasteiger partial charge is 0.128 e. The summed E-state index contributed by atoms with van der Waals surface area (Å²) in [4.78, 5) is 0. The van der Waals surface area contributed by atoms with Crippen LogP contribution in [0.25, 0.3) is 76.2 Å². The molecule has 9 aromatic rings. The lowest BCUT2D eigenvalue weighted by Crippen LogP contribution is -2.11. The first-order valence-electron chi connectivity index (χ1n) is 16.7. The highest BCUT2D eigenvalue weighted by Crippen LogP contribution is 2.48. The van der Waals surface area contributed by atoms with Crippen LogP contribution in [0.5, 0.6) is 5.75 Å². The molecular weight excluding hydrogens is 560 g/mol. The molecule has 0 aliphatic carbocycles. The number of fused-ring (bicyclic) bond motifs is 12. The van der Waals surface area contributed by atoms with Gasteiger partial charge in [-0.15, -0.1) is 0 Å². The summed E-state index contributed by atoms with van der Waals surface area (Å²) in [5.74, 6) is 0.932. The van der Waals surface area contributed by atoms with E-state index >= 15 is 0 Å². The van der Waals surface area contributed by atoms with Crippen molar-refractivity contribution in [3.63, 3.8) is 0 Å². The molecule has 4 heterocycles. The van der Waals surface area contributed by atoms with Crippen molar-refractivity contribution >= 4 is 76.2 Å². The Labute approximate surface area is 270 Å². The van der Waals surface area contributed by atoms with Gasteiger partial charge < -0.3 is 13.5 Å². The van der Waals surface area contributed by atoms with Crippen LogP contribution in [0, 0.1) is 0 Å². The Hall–Kier alpha value is -4.50. The highest BCUT2D eigenvalue weighted by atomic mass is 16.5. The van der Waals surface area contributed by atoms with Gasteiger partial charge in [-0.05, 0) is 93.6 Å². The Morgan fingerprint density at radius 2 is 0.870 bits per heavy atom. The largest absolute Gasteiger partial charge is 0.496 e. The number of nitrogens with zero attached hydrogens (tertiary/aromatic N) is 2. The fourth-order valence-corrected chi connectivity index (χ4v) is 8.10. The molecule has 46 heavy (non-hydrogen) atoms. The Morgan fingerprint density at radius 1 is 0.413 bits per heavy atom. The average molecular weight is 603 g/mol. The standard InChI is InChI=1S/C43H42N2O/c1-41(2,3)23-11-14-33-27(17-23)30-19-25(43(7,8)9)20-31-29-22-35-28(21-36(29)44(33)39(30)31)26-13-16-37(46-10)38-32-18-24(42(4,5)6)12-15-34(32)45(35)40(26)38/h11-22H,1-10H3. The molecule has 5 aromatic carbocycles. The molecule has 0 atom stereocenters. The van der Waals surface area contributed by atoms with Gasteiger partial charge in [0.25, 0.3) is 0 Å². The van der Waals surface area contributed by atoms with Crippen molar-refractivity contribution in [1.82, 2.24) is 8.80 Å². The molecule has 0 radical (unpaired) electrons. The van der Waals surface area contributed by atoms with E-state index in [0.29, 0.717) is 0 Å². The van der Waals surface area contributed by atoms with Crippen LogP contribution in [0.2, 0.25) is 0 Å². The van der Waals surface area contributed by atoms with Crippen molar-refractivity contribution in [3.05, 3.63) is 89.5 Å². The topological polar surface area (TPSA) is 18.1 Å². The van der Waals surface area contributed by atoms with E-state index in [0.717, 1.165) is 5.75 Å². The van der Waals surface area contributed by atoms with E-state index in [1.807, 2.05) is 0 Å². The molecule has 0 amide bonds. The number of methoxy groups -OCH3 is 1. The van der Waals surface area contributed by atoms with Crippen LogP contribution in [-0.2, 0) is 16.2 Å². The summed E-state index contributed by atoms with van der Waals surface area (Å²) in [6.45, 7) is 20.8. The van der Waals surface area contributed by atoms with Gasteiger partial charge in [0, 0.05) is 37.7 Å². The molecule has 0 spiro atoms. The third-order valence-corrected chi connectivity index (χ3v) is 10.7. The van der Waals surface area contributed by atoms with Crippen LogP contribution in [-0.4, -0.2) is 15.9 Å². The summed E-state index contributed by atoms with van der Waals surface area (Å²) >= 11 is 0. The molecule has 0 unspecified atom stereocenters. The van der Waals surface area contributed by atoms with E-state index in [-0.39, 0.29) is 16.2 Å². The lowest BCUT2D eigenvalue weighted by atomic mass is 9.84. The predicted molar refractivity (Wildman–Crippen MR) is 198 cm³/mol. The number of hydrogen-bond acceptors (Lipinski definition) is 1. The number of rotatable bonds is 1. The van der Waals surface area contributed by atoms with Gasteiger partial charge in [0.05, 0.1) is 45.6 Å². The Kier molecular flexibility index (Phi) is 5.10. The van der Waals surface area contributed by atoms with Crippen molar-refractivity contribution in [3.8, 4) is 5.75 Å². The van der Waals surface area contributed by atoms with Gasteiger partial charge in [0.15, 0.2) is 0 Å². The van der Waals surface area contributed by atoms with Gasteiger partial charge in [-0.1, -0.05) is 74.4 Å². The van der Waals surface area contributed by atoms with Gasteiger partial charge in [-0.2, -0.15) is 0 Å². The first-order valence-corrected chi connectivity index (χ1v) is 16.7. The Balaban J connectivity index is 1.49. The number of ether oxygens (including phenoxy) is 1. The van der Waals surface area contributed by atoms with E-state index in [9.17, 15) is 0 Å². The first kappa shape index (κ1) is 27.8. The second-order valence-electron chi connectivity index (χ2n) is 16.7. The summed E-state index contributed by atoms with van der Waals surface area (Å²) < 4.78 is 11.1. The molecule has 9 rings (SSSR count). The number of benzene rings is 5. The van der Waals surface area contributed by atoms with Gasteiger partial charge in [-0.25, -0.2) is 0 Å². The summed E-state index contributed by atoms with van der Waals surface area (Å²) in [5, 5.41) is 10.4. The molecule has 0 saturated heterocycles. The van der Waals surface area contributed by atoms with Crippen molar-refractivity contribution < 1.29 is 4.74 Å². The van der Waals surface area contributed by atoms with Gasteiger partial charge >= 0.3 is 0 Å². The number of hydrogen-bond donors (Lipinski definition) is 0. The lowest BCUT2D eigenvalue weighted by Gasteiger charge is -2.20. The first-order chi connectivity index (χ1) is 21.7. The normalized spacial score (nSPS) is 13.9. The van der Waals surface area contributed by atoms with Crippen LogP contribution in [0.4, 0.5) is 0 Å². The lowest BCUT2D eigenvalue weighted by molar-refractivity contribution is 0.420. The maximum Gasteiger partial charge on any atom is 0.128 e. The van der Waals surface area contributed by atoms with Gasteiger partial charge in [0.2, 0.25) is 0 Å². The summed E-state index contributed by atoms with van der Waals surface area (Å²) in [6.07, 6.45) is 0. The highest BCUT2D eigenvalue weighted by Gasteiger charge is 2.27. The Bertz CT molecular complexity index is 2710. The van der Waals surface area contributed by atoms with Gasteiger partial charge in [0.1, 0.15) is 5.75 Å². The second kappa shape index (κ2) is 8.45. The van der Waals surface area contributed by atoms with E-state index < -0.39 is 0 Å². The number of aromatic nitrogens is 2. The van der Waals surface area contributed by atoms with Crippen LogP contribution in [0.15, 0.2) is 72.8 Å². The molecule has 0 aliphatic heterocycles. The summed E-state index contributed by atoms with van der Waals surface area (Å²) in [6, 6.07) is 28.4. The van der Waals surface area contributed by atoms with Crippen LogP contribution < -0.4 is 4.74 Å². The second-order valence-corrected chi connectivity index (χ2v) is 16.7. The zero-order chi connectivity index (χ0) is 32.2. The quantitative estimate of drug-likeness (QED) is 0.183. The monoisotopic (exact) mass is 602 g/mol. The summed E-state index contributed by atoms with van der Waals surface area (Å²) in [7, 11) is 1.79. The zero-order valence-corrected chi connectivity index (χ0v) is 28.7. The highest BCUT2D eigenvalue weighted by molar-refractivity contribution is 6.29. The molecular formula is C43H42N2O. The fraction of sp³-hybridized carbons (Fsp3) is 0.302. The minimum Gasteiger partial charge on any atom is -0.496 e. The van der Waals surface area contributed by atoms with Crippen LogP contribution >= 0.6 is 0 Å². The van der Waals surface area contributed by atoms with E-state index in [1.54, 1.807) is 7.11 Å². The van der Waals surface area contributed by atoms with Crippen molar-refractivity contribution in [1.29, 1.82) is 0 Å². The predicted octanol–water partition coefficient (Wildman–Crippen LogP) is 11.9. The molecule has 3 heteroatoms. The minimum atomic E-state index is 0.0284. The van der Waals surface area contributed by atoms with Crippen molar-refractivity contribution in [2.45, 2.75) is 78.6 Å². The van der Waals surface area contributed by atoms with Crippen LogP contribution in [0.1, 0.15) is 79.0 Å². The maximum atomic E-state index is 6.02. The Morgan fingerprint density at radius 3 is 1.41 bits per heavy atom. The minimum absolute atomic E-state index is 0.0284. The molecule has 4 aromatic heterocycles. The van der Waals surface area contributed by atoms with E-state index in [4.69, 9.17) is 4.74 Å².